The Labute approximate surface area is 121 Å². The van der Waals surface area contributed by atoms with Crippen molar-refractivity contribution in [3.8, 4) is 0 Å². The Bertz CT molecular complexity index is 545. The van der Waals surface area contributed by atoms with Gasteiger partial charge in [-0.2, -0.15) is 0 Å². The highest BCUT2D eigenvalue weighted by atomic mass is 79.9. The van der Waals surface area contributed by atoms with Crippen LogP contribution < -0.4 is 5.32 Å². The quantitative estimate of drug-likeness (QED) is 0.902. The number of benzene rings is 1. The molecule has 0 aliphatic rings. The van der Waals surface area contributed by atoms with E-state index in [1.54, 1.807) is 18.5 Å². The van der Waals surface area contributed by atoms with Crippen molar-refractivity contribution in [2.45, 2.75) is 25.9 Å². The third kappa shape index (κ3) is 3.61. The van der Waals surface area contributed by atoms with Gasteiger partial charge in [0.15, 0.2) is 0 Å². The number of aromatic nitrogens is 1. The van der Waals surface area contributed by atoms with Crippen molar-refractivity contribution >= 4 is 15.9 Å². The van der Waals surface area contributed by atoms with E-state index in [4.69, 9.17) is 0 Å². The van der Waals surface area contributed by atoms with Gasteiger partial charge in [0.2, 0.25) is 0 Å². The number of nitrogens with one attached hydrogen (secondary N) is 1. The van der Waals surface area contributed by atoms with Gasteiger partial charge in [0.25, 0.3) is 0 Å². The van der Waals surface area contributed by atoms with Gasteiger partial charge in [0.05, 0.1) is 0 Å². The third-order valence-corrected chi connectivity index (χ3v) is 3.62. The molecule has 2 nitrogen and oxygen atoms in total. The van der Waals surface area contributed by atoms with Crippen LogP contribution in [0.25, 0.3) is 0 Å². The molecular weight excluding hydrogens is 307 g/mol. The summed E-state index contributed by atoms with van der Waals surface area (Å²) in [7, 11) is 0. The van der Waals surface area contributed by atoms with E-state index >= 15 is 0 Å². The van der Waals surface area contributed by atoms with Crippen LogP contribution in [0.3, 0.4) is 0 Å². The number of rotatable bonds is 4. The molecule has 1 aromatic heterocycles. The van der Waals surface area contributed by atoms with Gasteiger partial charge in [-0.1, -0.05) is 15.9 Å². The average molecular weight is 323 g/mol. The maximum Gasteiger partial charge on any atom is 0.128 e. The maximum atomic E-state index is 13.8. The van der Waals surface area contributed by atoms with Gasteiger partial charge in [0, 0.05) is 34.5 Å². The zero-order chi connectivity index (χ0) is 13.8. The molecule has 2 aromatic rings. The smallest absolute Gasteiger partial charge is 0.128 e. The summed E-state index contributed by atoms with van der Waals surface area (Å²) in [5.41, 5.74) is 1.80. The van der Waals surface area contributed by atoms with Gasteiger partial charge in [-0.3, -0.25) is 4.98 Å². The molecule has 0 aliphatic heterocycles. The Hall–Kier alpha value is -1.26. The van der Waals surface area contributed by atoms with E-state index in [-0.39, 0.29) is 17.9 Å². The number of halogens is 2. The summed E-state index contributed by atoms with van der Waals surface area (Å²) in [5, 5.41) is 3.39. The molecule has 1 aromatic carbocycles. The van der Waals surface area contributed by atoms with Crippen LogP contribution in [-0.4, -0.2) is 4.98 Å². The number of hydrogen-bond acceptors (Lipinski definition) is 2. The first-order chi connectivity index (χ1) is 9.08. The van der Waals surface area contributed by atoms with Crippen LogP contribution >= 0.6 is 15.9 Å². The van der Waals surface area contributed by atoms with Crippen molar-refractivity contribution in [1.29, 1.82) is 0 Å². The molecule has 100 valence electrons. The highest BCUT2D eigenvalue weighted by molar-refractivity contribution is 9.10. The fourth-order valence-corrected chi connectivity index (χ4v) is 2.44. The lowest BCUT2D eigenvalue weighted by Crippen LogP contribution is -2.23. The van der Waals surface area contributed by atoms with Crippen LogP contribution in [0.4, 0.5) is 4.39 Å². The van der Waals surface area contributed by atoms with E-state index in [9.17, 15) is 4.39 Å². The fraction of sp³-hybridized carbons (Fsp3) is 0.267. The van der Waals surface area contributed by atoms with Crippen LogP contribution in [0.2, 0.25) is 0 Å². The average Bonchev–Trinajstić information content (AvgIpc) is 2.42. The Morgan fingerprint density at radius 2 is 1.79 bits per heavy atom. The molecule has 2 rings (SSSR count). The highest BCUT2D eigenvalue weighted by Crippen LogP contribution is 2.24. The number of nitrogens with zero attached hydrogens (tertiary/aromatic N) is 1. The van der Waals surface area contributed by atoms with Gasteiger partial charge in [0.1, 0.15) is 5.82 Å². The molecule has 0 saturated heterocycles. The molecule has 0 bridgehead atoms. The van der Waals surface area contributed by atoms with Gasteiger partial charge >= 0.3 is 0 Å². The normalized spacial score (nSPS) is 14.1. The van der Waals surface area contributed by atoms with Crippen LogP contribution in [0, 0.1) is 5.82 Å². The third-order valence-electron chi connectivity index (χ3n) is 3.13. The topological polar surface area (TPSA) is 24.9 Å². The lowest BCUT2D eigenvalue weighted by atomic mass is 10.0. The lowest BCUT2D eigenvalue weighted by molar-refractivity contribution is 0.473. The monoisotopic (exact) mass is 322 g/mol. The predicted molar refractivity (Wildman–Crippen MR) is 78.3 cm³/mol. The molecule has 1 heterocycles. The zero-order valence-corrected chi connectivity index (χ0v) is 12.5. The van der Waals surface area contributed by atoms with E-state index in [0.717, 1.165) is 10.0 Å². The largest absolute Gasteiger partial charge is 0.304 e. The van der Waals surface area contributed by atoms with Crippen LogP contribution in [0.15, 0.2) is 47.2 Å². The standard InChI is InChI=1S/C15H16BrFN2/c1-10(12-5-7-18-8-6-12)19-11(2)14-9-13(16)3-4-15(14)17/h3-11,19H,1-2H3. The van der Waals surface area contributed by atoms with Crippen molar-refractivity contribution in [2.75, 3.05) is 0 Å². The van der Waals surface area contributed by atoms with E-state index in [0.29, 0.717) is 5.56 Å². The van der Waals surface area contributed by atoms with Crippen LogP contribution in [-0.2, 0) is 0 Å². The molecule has 19 heavy (non-hydrogen) atoms. The molecule has 0 radical (unpaired) electrons. The second kappa shape index (κ2) is 6.26. The Morgan fingerprint density at radius 3 is 2.47 bits per heavy atom. The molecule has 0 fully saturated rings. The van der Waals surface area contributed by atoms with Gasteiger partial charge in [-0.05, 0) is 49.7 Å². The van der Waals surface area contributed by atoms with Crippen molar-refractivity contribution < 1.29 is 4.39 Å². The molecule has 0 aliphatic carbocycles. The molecular formula is C15H16BrFN2. The van der Waals surface area contributed by atoms with Crippen LogP contribution in [0.1, 0.15) is 37.1 Å². The predicted octanol–water partition coefficient (Wildman–Crippen LogP) is 4.40. The highest BCUT2D eigenvalue weighted by Gasteiger charge is 2.14. The molecule has 2 unspecified atom stereocenters. The summed E-state index contributed by atoms with van der Waals surface area (Å²) in [6.45, 7) is 4.02. The number of hydrogen-bond donors (Lipinski definition) is 1. The van der Waals surface area contributed by atoms with Crippen molar-refractivity contribution in [2.24, 2.45) is 0 Å². The van der Waals surface area contributed by atoms with Gasteiger partial charge in [-0.25, -0.2) is 4.39 Å². The van der Waals surface area contributed by atoms with E-state index < -0.39 is 0 Å². The number of pyridine rings is 1. The summed E-state index contributed by atoms with van der Waals surface area (Å²) in [6.07, 6.45) is 3.52. The summed E-state index contributed by atoms with van der Waals surface area (Å²) in [5.74, 6) is -0.190. The molecule has 1 N–H and O–H groups in total. The Kier molecular flexibility index (Phi) is 4.66. The van der Waals surface area contributed by atoms with E-state index in [1.807, 2.05) is 25.1 Å². The fourth-order valence-electron chi connectivity index (χ4n) is 2.06. The molecule has 0 spiro atoms. The van der Waals surface area contributed by atoms with Gasteiger partial charge in [-0.15, -0.1) is 0 Å². The summed E-state index contributed by atoms with van der Waals surface area (Å²) in [6, 6.07) is 8.99. The second-order valence-electron chi connectivity index (χ2n) is 4.56. The Balaban J connectivity index is 2.13. The van der Waals surface area contributed by atoms with Gasteiger partial charge < -0.3 is 5.32 Å². The molecule has 0 saturated carbocycles. The van der Waals surface area contributed by atoms with Crippen molar-refractivity contribution in [3.63, 3.8) is 0 Å². The minimum absolute atomic E-state index is 0.0688. The summed E-state index contributed by atoms with van der Waals surface area (Å²) in [4.78, 5) is 4.00. The molecule has 4 heteroatoms. The summed E-state index contributed by atoms with van der Waals surface area (Å²) >= 11 is 3.37. The summed E-state index contributed by atoms with van der Waals surface area (Å²) < 4.78 is 14.7. The van der Waals surface area contributed by atoms with E-state index in [1.165, 1.54) is 6.07 Å². The Morgan fingerprint density at radius 1 is 1.11 bits per heavy atom. The lowest BCUT2D eigenvalue weighted by Gasteiger charge is -2.21. The minimum atomic E-state index is -0.190. The molecule has 0 amide bonds. The zero-order valence-electron chi connectivity index (χ0n) is 10.9. The van der Waals surface area contributed by atoms with Crippen LogP contribution in [0.5, 0.6) is 0 Å². The minimum Gasteiger partial charge on any atom is -0.304 e. The first-order valence-electron chi connectivity index (χ1n) is 6.19. The van der Waals surface area contributed by atoms with Crippen molar-refractivity contribution in [1.82, 2.24) is 10.3 Å². The van der Waals surface area contributed by atoms with Crippen molar-refractivity contribution in [3.05, 3.63) is 64.1 Å². The maximum absolute atomic E-state index is 13.8. The van der Waals surface area contributed by atoms with E-state index in [2.05, 4.69) is 33.2 Å². The second-order valence-corrected chi connectivity index (χ2v) is 5.47. The first-order valence-corrected chi connectivity index (χ1v) is 6.98. The molecule has 2 atom stereocenters. The SMILES string of the molecule is CC(NC(C)c1cc(Br)ccc1F)c1ccncc1. The first kappa shape index (κ1) is 14.2.